The van der Waals surface area contributed by atoms with E-state index in [0.29, 0.717) is 28.1 Å². The Labute approximate surface area is 161 Å². The molecule has 26 heavy (non-hydrogen) atoms. The van der Waals surface area contributed by atoms with E-state index in [4.69, 9.17) is 15.2 Å². The maximum atomic E-state index is 12.2. The van der Waals surface area contributed by atoms with Gasteiger partial charge in [-0.3, -0.25) is 9.59 Å². The molecule has 0 aliphatic carbocycles. The first-order chi connectivity index (χ1) is 12.3. The number of nitrogens with two attached hydrogens (primary N) is 1. The van der Waals surface area contributed by atoms with E-state index in [-0.39, 0.29) is 18.2 Å². The topological polar surface area (TPSA) is 114 Å². The molecular weight excluding hydrogens is 402 g/mol. The molecular formula is C18H22BrN3O4. The highest BCUT2D eigenvalue weighted by molar-refractivity contribution is 9.10. The van der Waals surface area contributed by atoms with Crippen molar-refractivity contribution in [1.29, 1.82) is 5.26 Å². The molecule has 0 aliphatic heterocycles. The molecule has 140 valence electrons. The number of rotatable bonds is 9. The van der Waals surface area contributed by atoms with Crippen LogP contribution in [0, 0.1) is 11.3 Å². The third-order valence-corrected chi connectivity index (χ3v) is 3.95. The zero-order valence-corrected chi connectivity index (χ0v) is 16.6. The van der Waals surface area contributed by atoms with Crippen LogP contribution in [0.15, 0.2) is 22.2 Å². The van der Waals surface area contributed by atoms with Crippen LogP contribution in [-0.2, 0) is 9.59 Å². The quantitative estimate of drug-likeness (QED) is 0.467. The third-order valence-electron chi connectivity index (χ3n) is 3.36. The zero-order valence-electron chi connectivity index (χ0n) is 15.0. The maximum Gasteiger partial charge on any atom is 0.262 e. The Morgan fingerprint density at radius 2 is 2.08 bits per heavy atom. The number of nitrogens with one attached hydrogen (secondary N) is 1. The van der Waals surface area contributed by atoms with Crippen molar-refractivity contribution >= 4 is 33.8 Å². The van der Waals surface area contributed by atoms with Crippen LogP contribution in [0.4, 0.5) is 0 Å². The first-order valence-electron chi connectivity index (χ1n) is 8.12. The number of hydrogen-bond donors (Lipinski definition) is 2. The average molecular weight is 424 g/mol. The Morgan fingerprint density at radius 1 is 1.38 bits per heavy atom. The van der Waals surface area contributed by atoms with Gasteiger partial charge >= 0.3 is 0 Å². The van der Waals surface area contributed by atoms with Crippen LogP contribution in [-0.4, -0.2) is 31.1 Å². The highest BCUT2D eigenvalue weighted by atomic mass is 79.9. The van der Waals surface area contributed by atoms with Crippen LogP contribution in [0.1, 0.15) is 32.8 Å². The van der Waals surface area contributed by atoms with E-state index in [1.807, 2.05) is 19.9 Å². The predicted molar refractivity (Wildman–Crippen MR) is 101 cm³/mol. The molecule has 0 saturated carbocycles. The summed E-state index contributed by atoms with van der Waals surface area (Å²) in [6.45, 7) is 5.67. The number of amides is 2. The fourth-order valence-corrected chi connectivity index (χ4v) is 2.51. The molecule has 7 nitrogen and oxygen atoms in total. The van der Waals surface area contributed by atoms with Crippen molar-refractivity contribution in [3.05, 3.63) is 27.7 Å². The predicted octanol–water partition coefficient (Wildman–Crippen LogP) is 2.53. The average Bonchev–Trinajstić information content (AvgIpc) is 2.58. The second kappa shape index (κ2) is 10.5. The van der Waals surface area contributed by atoms with Gasteiger partial charge < -0.3 is 20.5 Å². The van der Waals surface area contributed by atoms with Gasteiger partial charge in [-0.25, -0.2) is 0 Å². The summed E-state index contributed by atoms with van der Waals surface area (Å²) in [5.41, 5.74) is 5.65. The number of benzene rings is 1. The largest absolute Gasteiger partial charge is 0.490 e. The highest BCUT2D eigenvalue weighted by Crippen LogP contribution is 2.37. The van der Waals surface area contributed by atoms with Crippen molar-refractivity contribution in [3.8, 4) is 17.6 Å². The van der Waals surface area contributed by atoms with Crippen LogP contribution in [0.2, 0.25) is 0 Å². The van der Waals surface area contributed by atoms with Gasteiger partial charge in [-0.05, 0) is 60.0 Å². The monoisotopic (exact) mass is 423 g/mol. The Bertz CT molecular complexity index is 741. The van der Waals surface area contributed by atoms with Crippen molar-refractivity contribution in [2.75, 3.05) is 13.2 Å². The molecule has 0 radical (unpaired) electrons. The minimum Gasteiger partial charge on any atom is -0.490 e. The minimum atomic E-state index is -0.614. The molecule has 1 rings (SSSR count). The van der Waals surface area contributed by atoms with Gasteiger partial charge in [0.2, 0.25) is 0 Å². The van der Waals surface area contributed by atoms with Gasteiger partial charge in [0.25, 0.3) is 11.8 Å². The fourth-order valence-electron chi connectivity index (χ4n) is 1.94. The first kappa shape index (κ1) is 21.5. The number of nitrogens with zero attached hydrogens (tertiary/aromatic N) is 1. The third kappa shape index (κ3) is 6.41. The molecule has 2 amide bonds. The van der Waals surface area contributed by atoms with Crippen molar-refractivity contribution < 1.29 is 19.1 Å². The molecule has 0 saturated heterocycles. The van der Waals surface area contributed by atoms with E-state index in [0.717, 1.165) is 6.42 Å². The van der Waals surface area contributed by atoms with E-state index < -0.39 is 11.8 Å². The van der Waals surface area contributed by atoms with Gasteiger partial charge in [-0.15, -0.1) is 0 Å². The highest BCUT2D eigenvalue weighted by Gasteiger charge is 2.15. The lowest BCUT2D eigenvalue weighted by atomic mass is 10.1. The first-order valence-corrected chi connectivity index (χ1v) is 8.91. The second-order valence-corrected chi connectivity index (χ2v) is 6.32. The standard InChI is InChI=1S/C18H22BrN3O4/c1-4-11(3)22-18(24)13(9-20)6-12-7-14(19)17(26-10-16(21)23)15(8-12)25-5-2/h6-8,11H,4-5,10H2,1-3H3,(H2,21,23)(H,22,24)/b13-6+/t11-/m0/s1. The van der Waals surface area contributed by atoms with Crippen LogP contribution < -0.4 is 20.5 Å². The molecule has 0 aromatic heterocycles. The summed E-state index contributed by atoms with van der Waals surface area (Å²) in [6, 6.07) is 5.16. The summed E-state index contributed by atoms with van der Waals surface area (Å²) in [6.07, 6.45) is 2.22. The minimum absolute atomic E-state index is 0.0227. The molecule has 0 spiro atoms. The lowest BCUT2D eigenvalue weighted by Crippen LogP contribution is -2.32. The van der Waals surface area contributed by atoms with Crippen molar-refractivity contribution in [3.63, 3.8) is 0 Å². The van der Waals surface area contributed by atoms with Gasteiger partial charge in [0.1, 0.15) is 11.6 Å². The summed E-state index contributed by atoms with van der Waals surface area (Å²) < 4.78 is 11.4. The molecule has 1 aromatic carbocycles. The summed E-state index contributed by atoms with van der Waals surface area (Å²) in [5.74, 6) is -0.360. The molecule has 0 heterocycles. The van der Waals surface area contributed by atoms with Gasteiger partial charge in [-0.1, -0.05) is 6.92 Å². The number of primary amides is 1. The Morgan fingerprint density at radius 3 is 2.62 bits per heavy atom. The van der Waals surface area contributed by atoms with Crippen LogP contribution in [0.25, 0.3) is 6.08 Å². The summed E-state index contributed by atoms with van der Waals surface area (Å²) in [5, 5.41) is 12.0. The Hall–Kier alpha value is -2.53. The molecule has 1 atom stereocenters. The summed E-state index contributed by atoms with van der Waals surface area (Å²) in [4.78, 5) is 23.1. The number of carbonyl (C=O) groups is 2. The molecule has 3 N–H and O–H groups in total. The fraction of sp³-hybridized carbons (Fsp3) is 0.389. The van der Waals surface area contributed by atoms with Crippen molar-refractivity contribution in [2.45, 2.75) is 33.2 Å². The van der Waals surface area contributed by atoms with E-state index in [1.54, 1.807) is 19.1 Å². The van der Waals surface area contributed by atoms with E-state index in [1.165, 1.54) is 6.08 Å². The number of nitriles is 1. The van der Waals surface area contributed by atoms with Gasteiger partial charge in [-0.2, -0.15) is 5.26 Å². The van der Waals surface area contributed by atoms with Crippen LogP contribution in [0.5, 0.6) is 11.5 Å². The molecule has 0 aliphatic rings. The molecule has 1 aromatic rings. The molecule has 0 bridgehead atoms. The van der Waals surface area contributed by atoms with E-state index in [9.17, 15) is 14.9 Å². The lowest BCUT2D eigenvalue weighted by molar-refractivity contribution is -0.120. The Kier molecular flexibility index (Phi) is 8.65. The second-order valence-electron chi connectivity index (χ2n) is 5.47. The SMILES string of the molecule is CCOc1cc(/C=C(\C#N)C(=O)N[C@@H](C)CC)cc(Br)c1OCC(N)=O. The lowest BCUT2D eigenvalue weighted by Gasteiger charge is -2.14. The van der Waals surface area contributed by atoms with Crippen LogP contribution in [0.3, 0.4) is 0 Å². The summed E-state index contributed by atoms with van der Waals surface area (Å²) >= 11 is 3.35. The van der Waals surface area contributed by atoms with Gasteiger partial charge in [0.15, 0.2) is 18.1 Å². The van der Waals surface area contributed by atoms with E-state index in [2.05, 4.69) is 21.2 Å². The Balaban J connectivity index is 3.21. The van der Waals surface area contributed by atoms with Crippen molar-refractivity contribution in [1.82, 2.24) is 5.32 Å². The van der Waals surface area contributed by atoms with Gasteiger partial charge in [0.05, 0.1) is 11.1 Å². The maximum absolute atomic E-state index is 12.2. The number of hydrogen-bond acceptors (Lipinski definition) is 5. The number of halogens is 1. The van der Waals surface area contributed by atoms with Crippen molar-refractivity contribution in [2.24, 2.45) is 5.73 Å². The number of ether oxygens (including phenoxy) is 2. The molecule has 8 heteroatoms. The van der Waals surface area contributed by atoms with Gasteiger partial charge in [0, 0.05) is 6.04 Å². The molecule has 0 unspecified atom stereocenters. The smallest absolute Gasteiger partial charge is 0.262 e. The molecule has 0 fully saturated rings. The zero-order chi connectivity index (χ0) is 19.7. The normalized spacial score (nSPS) is 12.0. The van der Waals surface area contributed by atoms with Crippen LogP contribution >= 0.6 is 15.9 Å². The summed E-state index contributed by atoms with van der Waals surface area (Å²) in [7, 11) is 0. The number of carbonyl (C=O) groups excluding carboxylic acids is 2. The van der Waals surface area contributed by atoms with E-state index >= 15 is 0 Å².